The number of rotatable bonds is 10. The van der Waals surface area contributed by atoms with Gasteiger partial charge in [-0.25, -0.2) is 4.79 Å². The van der Waals surface area contributed by atoms with Crippen LogP contribution in [0.25, 0.3) is 0 Å². The number of hydrogen-bond acceptors (Lipinski definition) is 7. The summed E-state index contributed by atoms with van der Waals surface area (Å²) in [5.41, 5.74) is 0.694. The lowest BCUT2D eigenvalue weighted by atomic mass is 10.1. The van der Waals surface area contributed by atoms with Gasteiger partial charge in [0.1, 0.15) is 11.8 Å². The number of thioether (sulfide) groups is 1. The van der Waals surface area contributed by atoms with Gasteiger partial charge in [-0.2, -0.15) is 20.5 Å². The number of nitrogens with zero attached hydrogens (tertiary/aromatic N) is 1. The Kier molecular flexibility index (Phi) is 7.99. The second kappa shape index (κ2) is 10.9. The number of carbonyl (C=O) groups excluding carboxylic acids is 4. The number of fused-ring (bicyclic) bond motifs is 1. The van der Waals surface area contributed by atoms with Crippen LogP contribution in [0.3, 0.4) is 0 Å². The highest BCUT2D eigenvalue weighted by atomic mass is 32.2. The van der Waals surface area contributed by atoms with Crippen molar-refractivity contribution < 1.29 is 37.4 Å². The molecular weight excluding hydrogens is 458 g/mol. The lowest BCUT2D eigenvalue weighted by Gasteiger charge is -2.24. The number of nitrogens with one attached hydrogen (secondary N) is 1. The first-order valence-electron chi connectivity index (χ1n) is 9.79. The van der Waals surface area contributed by atoms with Crippen molar-refractivity contribution in [3.05, 3.63) is 59.7 Å². The van der Waals surface area contributed by atoms with E-state index in [4.69, 9.17) is 4.74 Å². The van der Waals surface area contributed by atoms with Crippen molar-refractivity contribution in [1.82, 2.24) is 4.90 Å². The molecular formula is C22H20F2N2O6S. The topological polar surface area (TPSA) is 102 Å². The highest BCUT2D eigenvalue weighted by Crippen LogP contribution is 2.26. The Morgan fingerprint density at radius 3 is 2.18 bits per heavy atom. The van der Waals surface area contributed by atoms with Gasteiger partial charge in [0.05, 0.1) is 11.1 Å². The van der Waals surface area contributed by atoms with Gasteiger partial charge in [0, 0.05) is 5.69 Å². The van der Waals surface area contributed by atoms with Crippen LogP contribution in [0.5, 0.6) is 5.75 Å². The fraction of sp³-hybridized carbons (Fsp3) is 0.273. The Morgan fingerprint density at radius 1 is 1.03 bits per heavy atom. The smallest absolute Gasteiger partial charge is 0.387 e. The van der Waals surface area contributed by atoms with E-state index in [1.807, 2.05) is 6.26 Å². The summed E-state index contributed by atoms with van der Waals surface area (Å²) in [5, 5.41) is 2.45. The molecule has 1 N–H and O–H groups in total. The molecule has 174 valence electrons. The van der Waals surface area contributed by atoms with Gasteiger partial charge in [0.25, 0.3) is 17.7 Å². The average molecular weight is 478 g/mol. The highest BCUT2D eigenvalue weighted by molar-refractivity contribution is 7.98. The minimum atomic E-state index is -2.97. The number of carbonyl (C=O) groups is 4. The van der Waals surface area contributed by atoms with E-state index in [1.165, 1.54) is 48.2 Å². The predicted octanol–water partition coefficient (Wildman–Crippen LogP) is 3.19. The molecule has 0 spiro atoms. The zero-order valence-corrected chi connectivity index (χ0v) is 18.3. The van der Waals surface area contributed by atoms with Gasteiger partial charge in [-0.15, -0.1) is 0 Å². The van der Waals surface area contributed by atoms with Crippen molar-refractivity contribution >= 4 is 41.1 Å². The van der Waals surface area contributed by atoms with Gasteiger partial charge in [-0.3, -0.25) is 19.3 Å². The van der Waals surface area contributed by atoms with E-state index in [9.17, 15) is 28.0 Å². The number of imide groups is 1. The van der Waals surface area contributed by atoms with Crippen molar-refractivity contribution in [2.45, 2.75) is 19.1 Å². The van der Waals surface area contributed by atoms with E-state index in [-0.39, 0.29) is 29.0 Å². The molecule has 11 heteroatoms. The zero-order chi connectivity index (χ0) is 24.0. The van der Waals surface area contributed by atoms with E-state index in [0.717, 1.165) is 4.90 Å². The molecule has 2 aromatic carbocycles. The van der Waals surface area contributed by atoms with Gasteiger partial charge in [-0.05, 0) is 54.8 Å². The van der Waals surface area contributed by atoms with E-state index >= 15 is 0 Å². The number of amides is 3. The molecule has 2 aromatic rings. The average Bonchev–Trinajstić information content (AvgIpc) is 3.04. The van der Waals surface area contributed by atoms with Crippen molar-refractivity contribution in [3.63, 3.8) is 0 Å². The van der Waals surface area contributed by atoms with Crippen LogP contribution in [0.2, 0.25) is 0 Å². The maximum absolute atomic E-state index is 12.7. The maximum atomic E-state index is 12.7. The summed E-state index contributed by atoms with van der Waals surface area (Å²) in [6.45, 7) is -3.63. The number of halogens is 2. The first kappa shape index (κ1) is 24.2. The van der Waals surface area contributed by atoms with Crippen molar-refractivity contribution in [3.8, 4) is 5.75 Å². The Labute approximate surface area is 192 Å². The Bertz CT molecular complexity index is 1010. The number of anilines is 1. The molecule has 0 saturated heterocycles. The van der Waals surface area contributed by atoms with Gasteiger partial charge in [-0.1, -0.05) is 12.1 Å². The molecule has 1 aliphatic heterocycles. The summed E-state index contributed by atoms with van der Waals surface area (Å²) in [5.74, 6) is -2.34. The Morgan fingerprint density at radius 2 is 1.64 bits per heavy atom. The Balaban J connectivity index is 1.62. The van der Waals surface area contributed by atoms with Crippen molar-refractivity contribution in [2.24, 2.45) is 0 Å². The summed E-state index contributed by atoms with van der Waals surface area (Å²) in [4.78, 5) is 51.3. The second-order valence-corrected chi connectivity index (χ2v) is 7.87. The molecule has 0 saturated carbocycles. The second-order valence-electron chi connectivity index (χ2n) is 6.88. The summed E-state index contributed by atoms with van der Waals surface area (Å²) >= 11 is 1.43. The molecule has 0 bridgehead atoms. The van der Waals surface area contributed by atoms with Gasteiger partial charge in [0.2, 0.25) is 0 Å². The van der Waals surface area contributed by atoms with Crippen molar-refractivity contribution in [2.75, 3.05) is 23.9 Å². The van der Waals surface area contributed by atoms with Gasteiger partial charge < -0.3 is 14.8 Å². The molecule has 1 unspecified atom stereocenters. The minimum absolute atomic E-state index is 0.0768. The summed E-state index contributed by atoms with van der Waals surface area (Å²) < 4.78 is 33.7. The van der Waals surface area contributed by atoms with Crippen LogP contribution in [0.15, 0.2) is 48.5 Å². The normalized spacial score (nSPS) is 13.6. The third-order valence-electron chi connectivity index (χ3n) is 4.71. The van der Waals surface area contributed by atoms with Crippen LogP contribution in [0.1, 0.15) is 27.1 Å². The minimum Gasteiger partial charge on any atom is -0.454 e. The quantitative estimate of drug-likeness (QED) is 0.413. The van der Waals surface area contributed by atoms with Crippen LogP contribution in [0, 0.1) is 0 Å². The molecule has 0 fully saturated rings. The number of benzene rings is 2. The standard InChI is InChI=1S/C22H20F2N2O6S/c1-33-11-10-17(26-19(28)15-4-2-3-5-16(15)20(26)29)21(30)31-12-18(27)25-13-6-8-14(9-7-13)32-22(23)24/h2-9,17,22H,10-12H2,1H3,(H,25,27). The predicted molar refractivity (Wildman–Crippen MR) is 116 cm³/mol. The van der Waals surface area contributed by atoms with Crippen LogP contribution in [0.4, 0.5) is 14.5 Å². The van der Waals surface area contributed by atoms with Crippen LogP contribution < -0.4 is 10.1 Å². The summed E-state index contributed by atoms with van der Waals surface area (Å²) in [6, 6.07) is 10.3. The largest absolute Gasteiger partial charge is 0.454 e. The molecule has 33 heavy (non-hydrogen) atoms. The van der Waals surface area contributed by atoms with E-state index in [2.05, 4.69) is 10.1 Å². The number of esters is 1. The number of hydrogen-bond donors (Lipinski definition) is 1. The van der Waals surface area contributed by atoms with Crippen molar-refractivity contribution in [1.29, 1.82) is 0 Å². The first-order chi connectivity index (χ1) is 15.8. The maximum Gasteiger partial charge on any atom is 0.387 e. The monoisotopic (exact) mass is 478 g/mol. The molecule has 1 atom stereocenters. The van der Waals surface area contributed by atoms with Gasteiger partial charge >= 0.3 is 12.6 Å². The molecule has 8 nitrogen and oxygen atoms in total. The molecule has 0 aromatic heterocycles. The van der Waals surface area contributed by atoms with E-state index in [1.54, 1.807) is 12.1 Å². The molecule has 0 radical (unpaired) electrons. The Hall–Kier alpha value is -3.47. The molecule has 0 aliphatic carbocycles. The lowest BCUT2D eigenvalue weighted by molar-refractivity contribution is -0.151. The number of ether oxygens (including phenoxy) is 2. The third-order valence-corrected chi connectivity index (χ3v) is 5.36. The molecule has 1 heterocycles. The molecule has 3 rings (SSSR count). The fourth-order valence-electron chi connectivity index (χ4n) is 3.22. The third kappa shape index (κ3) is 5.86. The highest BCUT2D eigenvalue weighted by Gasteiger charge is 2.43. The summed E-state index contributed by atoms with van der Waals surface area (Å²) in [7, 11) is 0. The van der Waals surface area contributed by atoms with Crippen LogP contribution in [-0.4, -0.2) is 59.9 Å². The van der Waals surface area contributed by atoms with Crippen LogP contribution >= 0.6 is 11.8 Å². The summed E-state index contributed by atoms with van der Waals surface area (Å²) in [6.07, 6.45) is 1.98. The van der Waals surface area contributed by atoms with Crippen LogP contribution in [-0.2, 0) is 14.3 Å². The zero-order valence-electron chi connectivity index (χ0n) is 17.5. The number of alkyl halides is 2. The first-order valence-corrected chi connectivity index (χ1v) is 11.2. The lowest BCUT2D eigenvalue weighted by Crippen LogP contribution is -2.46. The SMILES string of the molecule is CSCCC(C(=O)OCC(=O)Nc1ccc(OC(F)F)cc1)N1C(=O)c2ccccc2C1=O. The fourth-order valence-corrected chi connectivity index (χ4v) is 3.68. The van der Waals surface area contributed by atoms with E-state index < -0.39 is 43.0 Å². The van der Waals surface area contributed by atoms with E-state index in [0.29, 0.717) is 5.75 Å². The molecule has 1 aliphatic rings. The van der Waals surface area contributed by atoms with Gasteiger partial charge in [0.15, 0.2) is 6.61 Å². The molecule has 3 amide bonds.